The molecule has 5 rings (SSSR count). The molecule has 18 nitrogen and oxygen atoms in total. The molecular weight excluding hydrogens is 742 g/mol. The SMILES string of the molecule is CCCCc1nc(Cl)c(C(=O)OC(C)OC(=O)OCC)n1Cc1ccc(-c2ccccc2-c2nnn(COC(=O)Oc3ccccc3CON(O)O)n2)cc1. The summed E-state index contributed by atoms with van der Waals surface area (Å²) in [6, 6.07) is 21.4. The summed E-state index contributed by atoms with van der Waals surface area (Å²) in [6.07, 6.45) is -0.970. The first kappa shape index (κ1) is 40.3. The summed E-state index contributed by atoms with van der Waals surface area (Å²) in [5.74, 6) is 0.160. The van der Waals surface area contributed by atoms with Gasteiger partial charge in [0, 0.05) is 31.0 Å². The third-order valence-electron chi connectivity index (χ3n) is 7.77. The number of benzene rings is 3. The van der Waals surface area contributed by atoms with Gasteiger partial charge in [-0.1, -0.05) is 91.7 Å². The number of hydrogen-bond donors (Lipinski definition) is 2. The van der Waals surface area contributed by atoms with Crippen molar-refractivity contribution in [1.82, 2.24) is 35.1 Å². The molecule has 2 aromatic heterocycles. The molecule has 0 aliphatic rings. The summed E-state index contributed by atoms with van der Waals surface area (Å²) in [5.41, 5.74) is 3.51. The smallest absolute Gasteiger partial charge is 0.435 e. The highest BCUT2D eigenvalue weighted by Crippen LogP contribution is 2.31. The molecule has 3 aromatic carbocycles. The van der Waals surface area contributed by atoms with Crippen LogP contribution in [0.25, 0.3) is 22.5 Å². The van der Waals surface area contributed by atoms with Crippen molar-refractivity contribution in [1.29, 1.82) is 0 Å². The number of ether oxygens (including phenoxy) is 5. The third kappa shape index (κ3) is 11.1. The van der Waals surface area contributed by atoms with Crippen LogP contribution in [0.3, 0.4) is 0 Å². The molecule has 0 saturated heterocycles. The molecular formula is C36H38ClN7O11. The van der Waals surface area contributed by atoms with Crippen LogP contribution < -0.4 is 4.74 Å². The van der Waals surface area contributed by atoms with Crippen LogP contribution in [-0.4, -0.2) is 76.7 Å². The van der Waals surface area contributed by atoms with Crippen LogP contribution in [0.4, 0.5) is 9.59 Å². The number of esters is 1. The first-order chi connectivity index (χ1) is 26.6. The zero-order valence-corrected chi connectivity index (χ0v) is 30.8. The van der Waals surface area contributed by atoms with E-state index in [1.54, 1.807) is 29.7 Å². The van der Waals surface area contributed by atoms with Gasteiger partial charge in [0.15, 0.2) is 10.8 Å². The molecule has 55 heavy (non-hydrogen) atoms. The van der Waals surface area contributed by atoms with E-state index < -0.39 is 36.7 Å². The Morgan fingerprint density at radius 1 is 0.909 bits per heavy atom. The summed E-state index contributed by atoms with van der Waals surface area (Å²) in [4.78, 5) is 47.5. The van der Waals surface area contributed by atoms with Crippen LogP contribution in [0, 0.1) is 0 Å². The lowest BCUT2D eigenvalue weighted by Crippen LogP contribution is -2.24. The number of imidazole rings is 1. The van der Waals surface area contributed by atoms with E-state index in [2.05, 4.69) is 25.2 Å². The number of tetrazole rings is 1. The van der Waals surface area contributed by atoms with Gasteiger partial charge in [-0.25, -0.2) is 24.2 Å². The van der Waals surface area contributed by atoms with Gasteiger partial charge in [0.2, 0.25) is 18.8 Å². The Morgan fingerprint density at radius 3 is 2.36 bits per heavy atom. The van der Waals surface area contributed by atoms with E-state index in [4.69, 9.17) is 45.7 Å². The number of halogens is 1. The van der Waals surface area contributed by atoms with Gasteiger partial charge in [-0.2, -0.15) is 0 Å². The lowest BCUT2D eigenvalue weighted by atomic mass is 9.98. The average Bonchev–Trinajstić information content (AvgIpc) is 3.76. The second-order valence-electron chi connectivity index (χ2n) is 11.6. The van der Waals surface area contributed by atoms with Gasteiger partial charge < -0.3 is 28.3 Å². The highest BCUT2D eigenvalue weighted by Gasteiger charge is 2.26. The van der Waals surface area contributed by atoms with Crippen molar-refractivity contribution in [2.24, 2.45) is 0 Å². The second-order valence-corrected chi connectivity index (χ2v) is 12.0. The Kier molecular flexibility index (Phi) is 14.2. The Hall–Kier alpha value is -5.92. The minimum atomic E-state index is -1.23. The highest BCUT2D eigenvalue weighted by atomic mass is 35.5. The molecule has 0 radical (unpaired) electrons. The quantitative estimate of drug-likeness (QED) is 0.0334. The number of carbonyl (C=O) groups is 3. The third-order valence-corrected chi connectivity index (χ3v) is 8.04. The topological polar surface area (TPSA) is 212 Å². The van der Waals surface area contributed by atoms with Gasteiger partial charge in [-0.3, -0.25) is 10.4 Å². The van der Waals surface area contributed by atoms with Crippen molar-refractivity contribution in [2.45, 2.75) is 66.2 Å². The number of aromatic nitrogens is 6. The average molecular weight is 780 g/mol. The maximum absolute atomic E-state index is 13.3. The molecule has 5 aromatic rings. The van der Waals surface area contributed by atoms with Crippen molar-refractivity contribution in [3.8, 4) is 28.3 Å². The Labute approximate surface area is 319 Å². The van der Waals surface area contributed by atoms with Crippen molar-refractivity contribution in [3.05, 3.63) is 101 Å². The molecule has 0 spiro atoms. The van der Waals surface area contributed by atoms with E-state index in [0.717, 1.165) is 34.3 Å². The Bertz CT molecular complexity index is 2070. The van der Waals surface area contributed by atoms with Gasteiger partial charge in [0.1, 0.15) is 18.2 Å². The zero-order chi connectivity index (χ0) is 39.3. The van der Waals surface area contributed by atoms with E-state index in [1.165, 1.54) is 13.0 Å². The molecule has 290 valence electrons. The summed E-state index contributed by atoms with van der Waals surface area (Å²) in [6.45, 7) is 4.72. The lowest BCUT2D eigenvalue weighted by Gasteiger charge is -2.16. The summed E-state index contributed by atoms with van der Waals surface area (Å²) in [5, 5.41) is 29.7. The van der Waals surface area contributed by atoms with E-state index >= 15 is 0 Å². The first-order valence-corrected chi connectivity index (χ1v) is 17.4. The van der Waals surface area contributed by atoms with Gasteiger partial charge in [-0.05, 0) is 41.3 Å². The molecule has 1 atom stereocenters. The van der Waals surface area contributed by atoms with Gasteiger partial charge in [-0.15, -0.1) is 15.0 Å². The molecule has 0 aliphatic carbocycles. The number of nitrogens with zero attached hydrogens (tertiary/aromatic N) is 7. The molecule has 0 fully saturated rings. The summed E-state index contributed by atoms with van der Waals surface area (Å²) < 4.78 is 27.2. The van der Waals surface area contributed by atoms with Crippen LogP contribution in [0.5, 0.6) is 5.75 Å². The largest absolute Gasteiger partial charge is 0.515 e. The number of unbranched alkanes of at least 4 members (excludes halogenated alkanes) is 1. The van der Waals surface area contributed by atoms with Crippen molar-refractivity contribution in [2.75, 3.05) is 6.61 Å². The summed E-state index contributed by atoms with van der Waals surface area (Å²) >= 11 is 6.47. The van der Waals surface area contributed by atoms with Crippen LogP contribution in [0.2, 0.25) is 5.15 Å². The zero-order valence-electron chi connectivity index (χ0n) is 30.0. The normalized spacial score (nSPS) is 11.6. The Balaban J connectivity index is 1.28. The van der Waals surface area contributed by atoms with E-state index in [1.807, 2.05) is 55.5 Å². The molecule has 0 bridgehead atoms. The summed E-state index contributed by atoms with van der Waals surface area (Å²) in [7, 11) is 0. The molecule has 0 aliphatic heterocycles. The van der Waals surface area contributed by atoms with E-state index in [9.17, 15) is 14.4 Å². The molecule has 0 saturated carbocycles. The predicted molar refractivity (Wildman–Crippen MR) is 190 cm³/mol. The number of rotatable bonds is 17. The monoisotopic (exact) mass is 779 g/mol. The van der Waals surface area contributed by atoms with Gasteiger partial charge in [0.05, 0.1) is 12.0 Å². The molecule has 0 amide bonds. The molecule has 1 unspecified atom stereocenters. The highest BCUT2D eigenvalue weighted by molar-refractivity contribution is 6.32. The second kappa shape index (κ2) is 19.4. The van der Waals surface area contributed by atoms with Crippen LogP contribution in [-0.2, 0) is 50.1 Å². The minimum absolute atomic E-state index is 0.0254. The van der Waals surface area contributed by atoms with E-state index in [-0.39, 0.29) is 42.2 Å². The van der Waals surface area contributed by atoms with E-state index in [0.29, 0.717) is 23.4 Å². The maximum Gasteiger partial charge on any atom is 0.515 e. The van der Waals surface area contributed by atoms with Crippen LogP contribution in [0.1, 0.15) is 61.1 Å². The first-order valence-electron chi connectivity index (χ1n) is 17.0. The fourth-order valence-electron chi connectivity index (χ4n) is 5.26. The predicted octanol–water partition coefficient (Wildman–Crippen LogP) is 6.61. The maximum atomic E-state index is 13.3. The van der Waals surface area contributed by atoms with Crippen molar-refractivity contribution < 1.29 is 53.3 Å². The lowest BCUT2D eigenvalue weighted by molar-refractivity contribution is -0.497. The van der Waals surface area contributed by atoms with Crippen LogP contribution >= 0.6 is 11.6 Å². The fraction of sp³-hybridized carbons (Fsp3) is 0.306. The fourth-order valence-corrected chi connectivity index (χ4v) is 5.54. The van der Waals surface area contributed by atoms with Gasteiger partial charge >= 0.3 is 18.3 Å². The molecule has 2 N–H and O–H groups in total. The molecule has 19 heteroatoms. The standard InChI is InChI=1S/C36H38ClN7O11/c1-4-6-15-30-38-32(37)31(34(45)53-23(3)54-35(46)50-5-2)42(30)20-24-16-18-25(19-17-24)27-12-8-9-13-28(27)33-39-41-43(40-33)22-51-36(47)55-29-14-10-7-11-26(29)21-52-44(48)49/h7-14,16-19,23,48-49H,4-6,15,20-22H2,1-3H3. The van der Waals surface area contributed by atoms with Crippen LogP contribution in [0.15, 0.2) is 72.8 Å². The van der Waals surface area contributed by atoms with Gasteiger partial charge in [0.25, 0.3) is 0 Å². The number of aryl methyl sites for hydroxylation is 1. The number of para-hydroxylation sites is 1. The Morgan fingerprint density at radius 2 is 1.64 bits per heavy atom. The minimum Gasteiger partial charge on any atom is -0.435 e. The molecule has 2 heterocycles. The number of carbonyl (C=O) groups excluding carboxylic acids is 3. The van der Waals surface area contributed by atoms with Crippen molar-refractivity contribution >= 4 is 29.9 Å². The van der Waals surface area contributed by atoms with Crippen molar-refractivity contribution in [3.63, 3.8) is 0 Å². The number of hydrogen-bond acceptors (Lipinski definition) is 16.